The molecule has 2 amide bonds. The van der Waals surface area contributed by atoms with Crippen LogP contribution in [0, 0.1) is 0 Å². The Morgan fingerprint density at radius 1 is 1.14 bits per heavy atom. The summed E-state index contributed by atoms with van der Waals surface area (Å²) in [6.45, 7) is 1.36. The number of nitrogens with zero attached hydrogens (tertiary/aromatic N) is 2. The second kappa shape index (κ2) is 10.3. The van der Waals surface area contributed by atoms with Crippen LogP contribution in [0.4, 0.5) is 18.9 Å². The Balaban J connectivity index is 1.51. The minimum Gasteiger partial charge on any atom is -0.493 e. The van der Waals surface area contributed by atoms with E-state index in [1.54, 1.807) is 29.2 Å². The van der Waals surface area contributed by atoms with E-state index in [2.05, 4.69) is 0 Å². The Morgan fingerprint density at radius 3 is 2.57 bits per heavy atom. The Hall–Kier alpha value is -3.05. The maximum atomic E-state index is 13.1. The van der Waals surface area contributed by atoms with E-state index in [-0.39, 0.29) is 27.4 Å². The van der Waals surface area contributed by atoms with Crippen molar-refractivity contribution in [1.29, 1.82) is 0 Å². The SMILES string of the molecule is COc1cc(/C=C2\SC(=S)N(c3cccc(C(F)(F)F)c3)C2=O)ccc1OCC(=O)N1CCCC1. The molecular weight excluding hydrogens is 501 g/mol. The molecule has 2 fully saturated rings. The van der Waals surface area contributed by atoms with Crippen molar-refractivity contribution < 1.29 is 32.2 Å². The quantitative estimate of drug-likeness (QED) is 0.388. The predicted molar refractivity (Wildman–Crippen MR) is 131 cm³/mol. The molecule has 0 saturated carbocycles. The second-order valence-electron chi connectivity index (χ2n) is 7.85. The van der Waals surface area contributed by atoms with Crippen molar-refractivity contribution in [3.63, 3.8) is 0 Å². The number of carbonyl (C=O) groups is 2. The molecule has 2 aromatic rings. The molecule has 4 rings (SSSR count). The summed E-state index contributed by atoms with van der Waals surface area (Å²) in [5.41, 5.74) is -0.212. The molecule has 0 atom stereocenters. The molecule has 0 unspecified atom stereocenters. The van der Waals surface area contributed by atoms with Gasteiger partial charge in [0.25, 0.3) is 11.8 Å². The Bertz CT molecular complexity index is 1190. The van der Waals surface area contributed by atoms with Crippen LogP contribution >= 0.6 is 24.0 Å². The summed E-state index contributed by atoms with van der Waals surface area (Å²) in [6.07, 6.45) is -0.978. The van der Waals surface area contributed by atoms with E-state index >= 15 is 0 Å². The number of alkyl halides is 3. The van der Waals surface area contributed by atoms with Gasteiger partial charge in [-0.3, -0.25) is 14.5 Å². The number of hydrogen-bond acceptors (Lipinski definition) is 6. The predicted octanol–water partition coefficient (Wildman–Crippen LogP) is 5.12. The Morgan fingerprint density at radius 2 is 1.89 bits per heavy atom. The van der Waals surface area contributed by atoms with Gasteiger partial charge in [0.1, 0.15) is 0 Å². The number of anilines is 1. The largest absolute Gasteiger partial charge is 0.493 e. The zero-order valence-electron chi connectivity index (χ0n) is 18.6. The summed E-state index contributed by atoms with van der Waals surface area (Å²) in [4.78, 5) is 28.3. The number of ether oxygens (including phenoxy) is 2. The molecule has 0 N–H and O–H groups in total. The number of thiocarbonyl (C=S) groups is 1. The normalized spacial score (nSPS) is 17.4. The molecule has 2 aromatic carbocycles. The zero-order chi connectivity index (χ0) is 25.2. The molecule has 6 nitrogen and oxygen atoms in total. The number of thioether (sulfide) groups is 1. The first-order valence-corrected chi connectivity index (χ1v) is 11.9. The van der Waals surface area contributed by atoms with E-state index in [1.165, 1.54) is 19.2 Å². The average Bonchev–Trinajstić information content (AvgIpc) is 3.46. The van der Waals surface area contributed by atoms with Gasteiger partial charge in [-0.2, -0.15) is 13.2 Å². The number of carbonyl (C=O) groups excluding carboxylic acids is 2. The van der Waals surface area contributed by atoms with E-state index in [0.717, 1.165) is 54.7 Å². The van der Waals surface area contributed by atoms with Gasteiger partial charge < -0.3 is 14.4 Å². The van der Waals surface area contributed by atoms with E-state index in [0.29, 0.717) is 17.1 Å². The number of methoxy groups -OCH3 is 1. The Kier molecular flexibility index (Phi) is 7.36. The highest BCUT2D eigenvalue weighted by Crippen LogP contribution is 2.39. The molecule has 0 spiro atoms. The highest BCUT2D eigenvalue weighted by Gasteiger charge is 2.36. The van der Waals surface area contributed by atoms with E-state index in [4.69, 9.17) is 21.7 Å². The lowest BCUT2D eigenvalue weighted by Crippen LogP contribution is -2.32. The van der Waals surface area contributed by atoms with Crippen LogP contribution in [0.25, 0.3) is 6.08 Å². The first-order chi connectivity index (χ1) is 16.7. The molecule has 0 aromatic heterocycles. The summed E-state index contributed by atoms with van der Waals surface area (Å²) < 4.78 is 50.5. The van der Waals surface area contributed by atoms with Gasteiger partial charge in [0.2, 0.25) is 0 Å². The minimum absolute atomic E-state index is 0.0507. The molecule has 35 heavy (non-hydrogen) atoms. The maximum absolute atomic E-state index is 13.1. The van der Waals surface area contributed by atoms with Crippen LogP contribution in [0.5, 0.6) is 11.5 Å². The first kappa shape index (κ1) is 25.1. The number of amides is 2. The molecule has 2 saturated heterocycles. The fourth-order valence-corrected chi connectivity index (χ4v) is 5.05. The smallest absolute Gasteiger partial charge is 0.416 e. The molecule has 11 heteroatoms. The molecule has 0 bridgehead atoms. The monoisotopic (exact) mass is 522 g/mol. The summed E-state index contributed by atoms with van der Waals surface area (Å²) in [6, 6.07) is 9.44. The molecule has 2 heterocycles. The molecule has 184 valence electrons. The van der Waals surface area contributed by atoms with Crippen LogP contribution in [0.3, 0.4) is 0 Å². The lowest BCUT2D eigenvalue weighted by molar-refractivity contribution is -0.137. The van der Waals surface area contributed by atoms with Gasteiger partial charge in [0.05, 0.1) is 23.3 Å². The summed E-state index contributed by atoms with van der Waals surface area (Å²) in [7, 11) is 1.46. The molecule has 0 aliphatic carbocycles. The third-order valence-electron chi connectivity index (χ3n) is 5.52. The minimum atomic E-state index is -4.54. The first-order valence-electron chi connectivity index (χ1n) is 10.7. The van der Waals surface area contributed by atoms with Gasteiger partial charge in [0.15, 0.2) is 22.4 Å². The van der Waals surface area contributed by atoms with Crippen LogP contribution < -0.4 is 14.4 Å². The lowest BCUT2D eigenvalue weighted by Gasteiger charge is -2.17. The second-order valence-corrected chi connectivity index (χ2v) is 9.53. The van der Waals surface area contributed by atoms with Crippen LogP contribution in [0.2, 0.25) is 0 Å². The van der Waals surface area contributed by atoms with Crippen LogP contribution in [0.1, 0.15) is 24.0 Å². The van der Waals surface area contributed by atoms with Crippen molar-refractivity contribution in [2.45, 2.75) is 19.0 Å². The van der Waals surface area contributed by atoms with Gasteiger partial charge in [-0.25, -0.2) is 0 Å². The number of halogens is 3. The third kappa shape index (κ3) is 5.62. The van der Waals surface area contributed by atoms with Crippen molar-refractivity contribution in [1.82, 2.24) is 4.90 Å². The van der Waals surface area contributed by atoms with E-state index in [9.17, 15) is 22.8 Å². The number of hydrogen-bond donors (Lipinski definition) is 0. The van der Waals surface area contributed by atoms with Gasteiger partial charge in [-0.1, -0.05) is 36.1 Å². The van der Waals surface area contributed by atoms with E-state index < -0.39 is 17.6 Å². The van der Waals surface area contributed by atoms with Crippen molar-refractivity contribution in [3.05, 3.63) is 58.5 Å². The molecule has 2 aliphatic heterocycles. The summed E-state index contributed by atoms with van der Waals surface area (Å²) in [5, 5.41) is 0. The molecule has 0 radical (unpaired) electrons. The summed E-state index contributed by atoms with van der Waals surface area (Å²) in [5.74, 6) is 0.150. The van der Waals surface area contributed by atoms with E-state index in [1.807, 2.05) is 0 Å². The van der Waals surface area contributed by atoms with Crippen molar-refractivity contribution in [2.24, 2.45) is 0 Å². The standard InChI is InChI=1S/C24H21F3N2O4S2/c1-32-19-11-15(7-8-18(19)33-14-21(30)28-9-2-3-10-28)12-20-22(31)29(23(34)35-20)17-6-4-5-16(13-17)24(25,26)27/h4-8,11-13H,2-3,9-10,14H2,1H3/b20-12-. The highest BCUT2D eigenvalue weighted by molar-refractivity contribution is 8.27. The van der Waals surface area contributed by atoms with Gasteiger partial charge in [0, 0.05) is 13.1 Å². The van der Waals surface area contributed by atoms with Crippen molar-refractivity contribution in [3.8, 4) is 11.5 Å². The van der Waals surface area contributed by atoms with Gasteiger partial charge >= 0.3 is 6.18 Å². The van der Waals surface area contributed by atoms with Crippen LogP contribution in [0.15, 0.2) is 47.4 Å². The number of rotatable bonds is 6. The number of benzene rings is 2. The summed E-state index contributed by atoms with van der Waals surface area (Å²) >= 11 is 6.26. The lowest BCUT2D eigenvalue weighted by atomic mass is 10.1. The molecule has 2 aliphatic rings. The number of likely N-dealkylation sites (tertiary alicyclic amines) is 1. The van der Waals surface area contributed by atoms with Crippen LogP contribution in [-0.2, 0) is 15.8 Å². The fraction of sp³-hybridized carbons (Fsp3) is 0.292. The van der Waals surface area contributed by atoms with Crippen molar-refractivity contribution in [2.75, 3.05) is 31.7 Å². The topological polar surface area (TPSA) is 59.1 Å². The maximum Gasteiger partial charge on any atom is 0.416 e. The van der Waals surface area contributed by atoms with Crippen LogP contribution in [-0.4, -0.2) is 47.8 Å². The van der Waals surface area contributed by atoms with Gasteiger partial charge in [-0.05, 0) is 54.8 Å². The van der Waals surface area contributed by atoms with Gasteiger partial charge in [-0.15, -0.1) is 0 Å². The third-order valence-corrected chi connectivity index (χ3v) is 6.82. The Labute approximate surface area is 209 Å². The highest BCUT2D eigenvalue weighted by atomic mass is 32.2. The zero-order valence-corrected chi connectivity index (χ0v) is 20.3. The fourth-order valence-electron chi connectivity index (χ4n) is 3.75. The molecular formula is C24H21F3N2O4S2. The average molecular weight is 523 g/mol. The van der Waals surface area contributed by atoms with Crippen molar-refractivity contribution >= 4 is 51.9 Å².